The molecule has 3 aromatic rings. The second-order valence-corrected chi connectivity index (χ2v) is 7.97. The molecule has 2 aromatic heterocycles. The average Bonchev–Trinajstić information content (AvgIpc) is 3.12. The van der Waals surface area contributed by atoms with E-state index in [0.717, 1.165) is 18.4 Å². The summed E-state index contributed by atoms with van der Waals surface area (Å²) in [5.74, 6) is -0.439. The Bertz CT molecular complexity index is 1000. The topological polar surface area (TPSA) is 57.8 Å². The third kappa shape index (κ3) is 3.75. The molecule has 0 spiro atoms. The van der Waals surface area contributed by atoms with Crippen molar-refractivity contribution in [2.24, 2.45) is 5.41 Å². The monoisotopic (exact) mass is 401 g/mol. The molecule has 1 aliphatic heterocycles. The Morgan fingerprint density at radius 3 is 2.75 bits per heavy atom. The second kappa shape index (κ2) is 7.53. The second-order valence-electron chi connectivity index (χ2n) is 7.53. The van der Waals surface area contributed by atoms with Gasteiger partial charge in [0.25, 0.3) is 5.91 Å². The molecule has 1 fully saturated rings. The van der Waals surface area contributed by atoms with Gasteiger partial charge in [0.15, 0.2) is 0 Å². The van der Waals surface area contributed by atoms with Crippen LogP contribution in [0.4, 0.5) is 4.39 Å². The summed E-state index contributed by atoms with van der Waals surface area (Å²) in [6, 6.07) is 9.82. The third-order valence-electron chi connectivity index (χ3n) is 5.41. The zero-order valence-corrected chi connectivity index (χ0v) is 16.1. The molecule has 3 heterocycles. The highest BCUT2D eigenvalue weighted by atomic mass is 35.5. The van der Waals surface area contributed by atoms with Gasteiger partial charge >= 0.3 is 0 Å². The summed E-state index contributed by atoms with van der Waals surface area (Å²) in [5.41, 5.74) is 1.53. The Labute approximate surface area is 167 Å². The normalized spacial score (nSPS) is 19.9. The van der Waals surface area contributed by atoms with E-state index in [-0.39, 0.29) is 18.3 Å². The van der Waals surface area contributed by atoms with Gasteiger partial charge in [-0.2, -0.15) is 0 Å². The number of rotatable bonds is 4. The minimum atomic E-state index is -0.436. The molecule has 1 saturated heterocycles. The fraction of sp³-hybridized carbons (Fsp3) is 0.333. The maximum atomic E-state index is 13.2. The highest BCUT2D eigenvalue weighted by molar-refractivity contribution is 6.30. The van der Waals surface area contributed by atoms with Crippen LogP contribution in [-0.2, 0) is 6.42 Å². The molecule has 0 radical (unpaired) electrons. The number of aliphatic hydroxyl groups is 1. The smallest absolute Gasteiger partial charge is 0.274 e. The van der Waals surface area contributed by atoms with Crippen molar-refractivity contribution in [2.45, 2.75) is 19.3 Å². The number of aromatic nitrogens is 2. The van der Waals surface area contributed by atoms with E-state index in [2.05, 4.69) is 4.98 Å². The van der Waals surface area contributed by atoms with Crippen molar-refractivity contribution in [3.63, 3.8) is 0 Å². The van der Waals surface area contributed by atoms with E-state index >= 15 is 0 Å². The lowest BCUT2D eigenvalue weighted by atomic mass is 9.75. The maximum absolute atomic E-state index is 13.2. The predicted octanol–water partition coefficient (Wildman–Crippen LogP) is 3.58. The number of pyridine rings is 1. The van der Waals surface area contributed by atoms with Crippen molar-refractivity contribution in [1.29, 1.82) is 0 Å². The van der Waals surface area contributed by atoms with Gasteiger partial charge in [-0.25, -0.2) is 9.37 Å². The van der Waals surface area contributed by atoms with Crippen LogP contribution in [0.5, 0.6) is 0 Å². The van der Waals surface area contributed by atoms with E-state index in [1.807, 2.05) is 0 Å². The lowest BCUT2D eigenvalue weighted by Gasteiger charge is -2.41. The molecule has 1 unspecified atom stereocenters. The first kappa shape index (κ1) is 18.9. The number of halogens is 2. The number of benzene rings is 1. The van der Waals surface area contributed by atoms with Crippen LogP contribution in [0.25, 0.3) is 5.65 Å². The van der Waals surface area contributed by atoms with Gasteiger partial charge in [-0.15, -0.1) is 0 Å². The lowest BCUT2D eigenvalue weighted by Crippen LogP contribution is -2.49. The van der Waals surface area contributed by atoms with Crippen LogP contribution >= 0.6 is 11.6 Å². The van der Waals surface area contributed by atoms with E-state index in [9.17, 15) is 14.3 Å². The SMILES string of the molecule is O=C(c1cn2cc(Cl)ccc2n1)N1CCCC(CO)(Cc2ccc(F)cc2)C1. The number of piperidine rings is 1. The zero-order valence-electron chi connectivity index (χ0n) is 15.3. The van der Waals surface area contributed by atoms with Gasteiger partial charge in [-0.05, 0) is 49.1 Å². The average molecular weight is 402 g/mol. The number of hydrogen-bond donors (Lipinski definition) is 1. The lowest BCUT2D eigenvalue weighted by molar-refractivity contribution is 0.0268. The number of carbonyl (C=O) groups is 1. The molecule has 1 amide bonds. The van der Waals surface area contributed by atoms with Crippen LogP contribution in [0.1, 0.15) is 28.9 Å². The molecule has 28 heavy (non-hydrogen) atoms. The number of nitrogens with zero attached hydrogens (tertiary/aromatic N) is 3. The summed E-state index contributed by atoms with van der Waals surface area (Å²) in [4.78, 5) is 19.2. The van der Waals surface area contributed by atoms with Gasteiger partial charge in [0.2, 0.25) is 0 Å². The van der Waals surface area contributed by atoms with Gasteiger partial charge in [0, 0.05) is 30.9 Å². The Balaban J connectivity index is 1.55. The van der Waals surface area contributed by atoms with Crippen LogP contribution in [0, 0.1) is 11.2 Å². The summed E-state index contributed by atoms with van der Waals surface area (Å²) in [6.07, 6.45) is 5.59. The van der Waals surface area contributed by atoms with Gasteiger partial charge < -0.3 is 14.4 Å². The number of imidazole rings is 1. The molecule has 1 aromatic carbocycles. The molecule has 0 saturated carbocycles. The van der Waals surface area contributed by atoms with Crippen LogP contribution in [-0.4, -0.2) is 45.0 Å². The summed E-state index contributed by atoms with van der Waals surface area (Å²) < 4.78 is 14.9. The van der Waals surface area contributed by atoms with E-state index in [0.29, 0.717) is 35.9 Å². The number of aliphatic hydroxyl groups excluding tert-OH is 1. The summed E-state index contributed by atoms with van der Waals surface area (Å²) in [6.45, 7) is 1.03. The Morgan fingerprint density at radius 1 is 1.21 bits per heavy atom. The predicted molar refractivity (Wildman–Crippen MR) is 105 cm³/mol. The van der Waals surface area contributed by atoms with Crippen LogP contribution in [0.3, 0.4) is 0 Å². The number of likely N-dealkylation sites (tertiary alicyclic amines) is 1. The Hall–Kier alpha value is -2.44. The first-order chi connectivity index (χ1) is 13.5. The summed E-state index contributed by atoms with van der Waals surface area (Å²) in [7, 11) is 0. The summed E-state index contributed by atoms with van der Waals surface area (Å²) in [5, 5.41) is 10.7. The van der Waals surface area contributed by atoms with Crippen molar-refractivity contribution in [2.75, 3.05) is 19.7 Å². The standard InChI is InChI=1S/C21H21ClFN3O2/c22-16-4-7-19-24-18(12-26(19)11-16)20(28)25-9-1-8-21(13-25,14-27)10-15-2-5-17(23)6-3-15/h2-7,11-12,27H,1,8-10,13-14H2. The largest absolute Gasteiger partial charge is 0.396 e. The quantitative estimate of drug-likeness (QED) is 0.727. The van der Waals surface area contributed by atoms with Crippen LogP contribution in [0.2, 0.25) is 5.02 Å². The molecule has 5 nitrogen and oxygen atoms in total. The zero-order chi connectivity index (χ0) is 19.7. The van der Waals surface area contributed by atoms with Gasteiger partial charge in [0.1, 0.15) is 17.2 Å². The van der Waals surface area contributed by atoms with E-state index in [4.69, 9.17) is 11.6 Å². The minimum absolute atomic E-state index is 0.0328. The Morgan fingerprint density at radius 2 is 2.00 bits per heavy atom. The van der Waals surface area contributed by atoms with Crippen molar-refractivity contribution in [1.82, 2.24) is 14.3 Å². The molecular formula is C21H21ClFN3O2. The number of carbonyl (C=O) groups excluding carboxylic acids is 1. The molecule has 0 aliphatic carbocycles. The number of fused-ring (bicyclic) bond motifs is 1. The van der Waals surface area contributed by atoms with Crippen molar-refractivity contribution in [3.05, 3.63) is 70.9 Å². The first-order valence-electron chi connectivity index (χ1n) is 9.27. The fourth-order valence-electron chi connectivity index (χ4n) is 3.98. The highest BCUT2D eigenvalue weighted by Gasteiger charge is 2.37. The van der Waals surface area contributed by atoms with E-state index in [1.165, 1.54) is 12.1 Å². The maximum Gasteiger partial charge on any atom is 0.274 e. The highest BCUT2D eigenvalue weighted by Crippen LogP contribution is 2.34. The van der Waals surface area contributed by atoms with E-state index < -0.39 is 5.41 Å². The fourth-order valence-corrected chi connectivity index (χ4v) is 4.14. The molecule has 0 bridgehead atoms. The molecule has 1 N–H and O–H groups in total. The summed E-state index contributed by atoms with van der Waals surface area (Å²) >= 11 is 6.00. The van der Waals surface area contributed by atoms with Crippen molar-refractivity contribution < 1.29 is 14.3 Å². The Kier molecular flexibility index (Phi) is 5.08. The molecule has 1 aliphatic rings. The van der Waals surface area contributed by atoms with Crippen LogP contribution in [0.15, 0.2) is 48.8 Å². The third-order valence-corrected chi connectivity index (χ3v) is 5.63. The molecule has 7 heteroatoms. The first-order valence-corrected chi connectivity index (χ1v) is 9.65. The number of amides is 1. The van der Waals surface area contributed by atoms with Gasteiger partial charge in [-0.1, -0.05) is 23.7 Å². The molecular weight excluding hydrogens is 381 g/mol. The number of hydrogen-bond acceptors (Lipinski definition) is 3. The van der Waals surface area contributed by atoms with Crippen molar-refractivity contribution in [3.8, 4) is 0 Å². The molecule has 4 rings (SSSR count). The molecule has 1 atom stereocenters. The van der Waals surface area contributed by atoms with E-state index in [1.54, 1.807) is 46.0 Å². The molecule has 146 valence electrons. The van der Waals surface area contributed by atoms with Gasteiger partial charge in [-0.3, -0.25) is 4.79 Å². The van der Waals surface area contributed by atoms with Gasteiger partial charge in [0.05, 0.1) is 11.6 Å². The van der Waals surface area contributed by atoms with Crippen LogP contribution < -0.4 is 0 Å². The van der Waals surface area contributed by atoms with Crippen molar-refractivity contribution >= 4 is 23.2 Å². The minimum Gasteiger partial charge on any atom is -0.396 e.